The van der Waals surface area contributed by atoms with Crippen LogP contribution in [0.5, 0.6) is 0 Å². The van der Waals surface area contributed by atoms with Crippen molar-refractivity contribution in [1.29, 1.82) is 0 Å². The number of likely N-dealkylation sites (tertiary alicyclic amines) is 2. The van der Waals surface area contributed by atoms with Gasteiger partial charge >= 0.3 is 23.9 Å². The Labute approximate surface area is 391 Å². The van der Waals surface area contributed by atoms with Gasteiger partial charge in [-0.25, -0.2) is 0 Å². The molecule has 10 nitrogen and oxygen atoms in total. The lowest BCUT2D eigenvalue weighted by atomic mass is 9.37. The topological polar surface area (TPSA) is 156 Å². The Kier molecular flexibility index (Phi) is 22.9. The van der Waals surface area contributed by atoms with Crippen LogP contribution in [0.15, 0.2) is 0 Å². The second kappa shape index (κ2) is 25.2. The number of nitrogens with zero attached hydrogens (tertiary/aromatic N) is 2. The molecule has 0 saturated carbocycles. The van der Waals surface area contributed by atoms with Gasteiger partial charge in [-0.2, -0.15) is 0 Å². The number of unbranched alkanes of at least 4 members (excludes halogenated alkanes) is 20. The van der Waals surface area contributed by atoms with Gasteiger partial charge < -0.3 is 20.4 Å². The summed E-state index contributed by atoms with van der Waals surface area (Å²) in [6.07, 6.45) is 22.1. The van der Waals surface area contributed by atoms with Gasteiger partial charge in [0.05, 0.1) is 17.3 Å². The quantitative estimate of drug-likeness (QED) is 0.0468. The lowest BCUT2D eigenvalue weighted by Gasteiger charge is -2.67. The van der Waals surface area contributed by atoms with Gasteiger partial charge in [0.25, 0.3) is 0 Å². The minimum absolute atomic E-state index is 0.205. The van der Waals surface area contributed by atoms with Crippen molar-refractivity contribution in [3.05, 3.63) is 0 Å². The van der Waals surface area contributed by atoms with Crippen LogP contribution in [0.2, 0.25) is 0 Å². The molecular weight excluding hydrogens is 805 g/mol. The zero-order chi connectivity index (χ0) is 48.6. The van der Waals surface area contributed by atoms with Crippen LogP contribution < -0.4 is 0 Å². The largest absolute Gasteiger partial charge is 0.481 e. The van der Waals surface area contributed by atoms with Gasteiger partial charge in [-0.3, -0.25) is 29.0 Å². The van der Waals surface area contributed by atoms with E-state index in [1.165, 1.54) is 64.2 Å². The van der Waals surface area contributed by atoms with Crippen molar-refractivity contribution in [3.63, 3.8) is 0 Å². The molecule has 0 aromatic carbocycles. The predicted octanol–water partition coefficient (Wildman–Crippen LogP) is 13.9. The molecule has 0 aliphatic carbocycles. The fourth-order valence-corrected chi connectivity index (χ4v) is 13.5. The van der Waals surface area contributed by atoms with Crippen molar-refractivity contribution in [2.24, 2.45) is 28.1 Å². The maximum Gasteiger partial charge on any atom is 0.312 e. The summed E-state index contributed by atoms with van der Waals surface area (Å²) in [5.74, 6) is -7.16. The molecule has 0 aromatic rings. The first-order valence-corrected chi connectivity index (χ1v) is 26.2. The van der Waals surface area contributed by atoms with E-state index >= 15 is 9.59 Å². The fourth-order valence-electron chi connectivity index (χ4n) is 13.5. The molecule has 2 saturated heterocycles. The van der Waals surface area contributed by atoms with Gasteiger partial charge in [0.2, 0.25) is 0 Å². The monoisotopic (exact) mass is 905 g/mol. The average molecular weight is 905 g/mol. The van der Waals surface area contributed by atoms with E-state index in [1.54, 1.807) is 0 Å². The predicted molar refractivity (Wildman–Crippen MR) is 262 cm³/mol. The zero-order valence-electron chi connectivity index (χ0n) is 43.5. The highest BCUT2D eigenvalue weighted by Gasteiger charge is 2.78. The van der Waals surface area contributed by atoms with Crippen molar-refractivity contribution >= 4 is 23.9 Å². The van der Waals surface area contributed by atoms with Gasteiger partial charge in [0, 0.05) is 22.2 Å². The molecule has 0 amide bonds. The number of piperidine rings is 2. The van der Waals surface area contributed by atoms with Crippen LogP contribution in [-0.4, -0.2) is 90.4 Å². The summed E-state index contributed by atoms with van der Waals surface area (Å²) in [5, 5.41) is 47.7. The third kappa shape index (κ3) is 13.7. The van der Waals surface area contributed by atoms with Gasteiger partial charge in [-0.15, -0.1) is 0 Å². The summed E-state index contributed by atoms with van der Waals surface area (Å²) >= 11 is 0. The smallest absolute Gasteiger partial charge is 0.312 e. The van der Waals surface area contributed by atoms with Gasteiger partial charge in [0.1, 0.15) is 5.41 Å². The lowest BCUT2D eigenvalue weighted by molar-refractivity contribution is -0.238. The molecule has 0 spiro atoms. The molecular formula is C54H100N2O8. The fraction of sp³-hybridized carbons (Fsp3) is 0.926. The molecule has 2 aliphatic rings. The highest BCUT2D eigenvalue weighted by molar-refractivity contribution is 5.95. The summed E-state index contributed by atoms with van der Waals surface area (Å²) in [4.78, 5) is 63.1. The third-order valence-electron chi connectivity index (χ3n) is 17.4. The molecule has 2 atom stereocenters. The van der Waals surface area contributed by atoms with Crippen LogP contribution in [0.3, 0.4) is 0 Å². The van der Waals surface area contributed by atoms with Gasteiger partial charge in [-0.05, 0) is 120 Å². The maximum atomic E-state index is 15.4. The first kappa shape index (κ1) is 57.9. The van der Waals surface area contributed by atoms with Gasteiger partial charge in [-0.1, -0.05) is 155 Å². The Hall–Kier alpha value is -2.20. The molecule has 2 fully saturated rings. The molecule has 2 rings (SSSR count). The summed E-state index contributed by atoms with van der Waals surface area (Å²) < 4.78 is 0. The highest BCUT2D eigenvalue weighted by Crippen LogP contribution is 2.70. The average Bonchev–Trinajstić information content (AvgIpc) is 3.18. The Balaban J connectivity index is 2.93. The van der Waals surface area contributed by atoms with E-state index in [9.17, 15) is 30.0 Å². The Bertz CT molecular complexity index is 1380. The highest BCUT2D eigenvalue weighted by atomic mass is 16.4. The molecule has 10 heteroatoms. The zero-order valence-corrected chi connectivity index (χ0v) is 43.5. The molecule has 4 N–H and O–H groups in total. The number of hydrogen-bond donors (Lipinski definition) is 4. The molecule has 374 valence electrons. The van der Waals surface area contributed by atoms with E-state index in [0.717, 1.165) is 51.4 Å². The normalized spacial score (nSPS) is 21.2. The Morgan fingerprint density at radius 2 is 0.719 bits per heavy atom. The molecule has 2 aliphatic heterocycles. The number of carboxylic acid groups (broad SMARTS) is 4. The Morgan fingerprint density at radius 1 is 0.438 bits per heavy atom. The van der Waals surface area contributed by atoms with E-state index in [2.05, 4.69) is 79.0 Å². The van der Waals surface area contributed by atoms with Crippen LogP contribution in [0.25, 0.3) is 0 Å². The summed E-state index contributed by atoms with van der Waals surface area (Å²) in [6, 6.07) is 0. The van der Waals surface area contributed by atoms with Crippen molar-refractivity contribution in [1.82, 2.24) is 9.80 Å². The number of carboxylic acids is 4. The number of rotatable bonds is 33. The van der Waals surface area contributed by atoms with Crippen molar-refractivity contribution < 1.29 is 39.6 Å². The lowest BCUT2D eigenvalue weighted by Crippen LogP contribution is -2.74. The maximum absolute atomic E-state index is 15.4. The van der Waals surface area contributed by atoms with E-state index in [0.29, 0.717) is 51.4 Å². The van der Waals surface area contributed by atoms with Crippen LogP contribution in [0.4, 0.5) is 0 Å². The number of hydrogen-bond acceptors (Lipinski definition) is 6. The number of carbonyl (C=O) groups is 4. The Morgan fingerprint density at radius 3 is 0.969 bits per heavy atom. The van der Waals surface area contributed by atoms with E-state index in [1.807, 2.05) is 14.1 Å². The molecule has 2 heterocycles. The minimum atomic E-state index is -2.45. The summed E-state index contributed by atoms with van der Waals surface area (Å²) in [6.45, 7) is 21.1. The minimum Gasteiger partial charge on any atom is -0.481 e. The van der Waals surface area contributed by atoms with Crippen molar-refractivity contribution in [2.75, 3.05) is 14.1 Å². The van der Waals surface area contributed by atoms with Crippen LogP contribution in [0, 0.1) is 28.1 Å². The van der Waals surface area contributed by atoms with Crippen LogP contribution >= 0.6 is 0 Å². The molecule has 0 aromatic heterocycles. The van der Waals surface area contributed by atoms with Crippen LogP contribution in [0.1, 0.15) is 255 Å². The van der Waals surface area contributed by atoms with E-state index in [4.69, 9.17) is 0 Å². The molecule has 64 heavy (non-hydrogen) atoms. The third-order valence-corrected chi connectivity index (χ3v) is 17.4. The second-order valence-electron chi connectivity index (χ2n) is 23.5. The molecule has 0 bridgehead atoms. The molecule has 0 radical (unpaired) electrons. The SMILES string of the molecule is CCCCCCCCCCCCCC(CC(=O)O)(C(=O)O)C(CCCCCCCCCCCCC)(C(=O)O)C(C(=O)O)(C1CC(C)(C)N(C)C(C)(C)C1)C1CC(C)(C)N(C)C(C)(C)C1. The first-order chi connectivity index (χ1) is 29.8. The van der Waals surface area contributed by atoms with Crippen molar-refractivity contribution in [2.45, 2.75) is 278 Å². The van der Waals surface area contributed by atoms with E-state index in [-0.39, 0.29) is 12.8 Å². The summed E-state index contributed by atoms with van der Waals surface area (Å²) in [5.41, 5.74) is -9.26. The summed E-state index contributed by atoms with van der Waals surface area (Å²) in [7, 11) is 4.07. The molecule has 2 unspecified atom stereocenters. The standard InChI is InChI=1S/C54H100N2O8/c1-13-15-17-19-21-23-25-27-29-31-33-35-52(45(59)60,41-44(57)58)53(46(61)62,36-34-32-30-28-26-24-22-20-18-16-14-2)54(47(63)64,42-37-48(3,4)55(11)49(5,6)38-42)43-39-50(7,8)56(12)51(9,10)40-43/h42-43H,13-41H2,1-12H3,(H,57,58)(H,59,60)(H,61,62)(H,63,64). The van der Waals surface area contributed by atoms with Gasteiger partial charge in [0.15, 0.2) is 0 Å². The number of aliphatic carboxylic acids is 4. The first-order valence-electron chi connectivity index (χ1n) is 26.2. The van der Waals surface area contributed by atoms with Crippen LogP contribution in [-0.2, 0) is 19.2 Å². The second-order valence-corrected chi connectivity index (χ2v) is 23.5. The van der Waals surface area contributed by atoms with Crippen molar-refractivity contribution in [3.8, 4) is 0 Å². The van der Waals surface area contributed by atoms with E-state index < -0.39 is 80.5 Å².